The zero-order valence-corrected chi connectivity index (χ0v) is 49.9. The minimum absolute atomic E-state index is 0.0800. The van der Waals surface area contributed by atoms with Gasteiger partial charge in [0.25, 0.3) is 11.8 Å². The van der Waals surface area contributed by atoms with Crippen LogP contribution in [0.1, 0.15) is 327 Å². The summed E-state index contributed by atoms with van der Waals surface area (Å²) in [5, 5.41) is 8.15. The summed E-state index contributed by atoms with van der Waals surface area (Å²) in [6.07, 6.45) is 52.8. The fourth-order valence-electron chi connectivity index (χ4n) is 12.4. The minimum atomic E-state index is -0.588. The number of halogens is 2. The summed E-state index contributed by atoms with van der Waals surface area (Å²) in [4.78, 5) is 35.2. The highest BCUT2D eigenvalue weighted by molar-refractivity contribution is 6.50. The van der Waals surface area contributed by atoms with Gasteiger partial charge in [-0.25, -0.2) is 8.78 Å². The number of hydrogen-bond donors (Lipinski definition) is 0. The molecule has 0 aliphatic carbocycles. The SMILES string of the molecule is CCCCCCCCCCCCC(CCCCCCCCCCCC)N1C(=O)/C(=C2/C(=O)N(C(CCCCCCCCCCCC)CCCCCCCCCCCC)c3cc(/N=N/C)c(F)cc32)c2cc(F)c(C)cc21. The smallest absolute Gasteiger partial charge is 0.260 e. The first-order chi connectivity index (χ1) is 37.2. The van der Waals surface area contributed by atoms with Crippen molar-refractivity contribution < 1.29 is 18.4 Å². The molecule has 6 nitrogen and oxygen atoms in total. The molecule has 0 saturated carbocycles. The first-order valence-electron chi connectivity index (χ1n) is 32.6. The van der Waals surface area contributed by atoms with Crippen molar-refractivity contribution in [3.63, 3.8) is 0 Å². The van der Waals surface area contributed by atoms with Crippen LogP contribution in [0.15, 0.2) is 34.5 Å². The summed E-state index contributed by atoms with van der Waals surface area (Å²) in [5.41, 5.74) is 3.13. The third kappa shape index (κ3) is 22.4. The fourth-order valence-corrected chi connectivity index (χ4v) is 12.4. The van der Waals surface area contributed by atoms with Crippen molar-refractivity contribution >= 4 is 40.0 Å². The fraction of sp³-hybridized carbons (Fsp3) is 0.765. The second kappa shape index (κ2) is 39.9. The lowest BCUT2D eigenvalue weighted by Gasteiger charge is -2.29. The average molecular weight is 1060 g/mol. The number of carbonyl (C=O) groups excluding carboxylic acids is 2. The zero-order valence-electron chi connectivity index (χ0n) is 49.9. The standard InChI is InChI=1S/C68H112F2N4O2/c1-7-11-15-19-23-27-31-35-39-43-47-56(48-44-40-36-32-28-24-20-16-12-8-2)73-63-51-55(5)60(69)52-58(63)65(67(73)75)66-59-53-61(70)62(72-71-6)54-64(59)74(68(66)76)57(49-45-41-37-33-29-25-21-17-13-9-3)50-46-42-38-34-30-26-22-18-14-10-4/h51-54,56-57H,7-50H2,1-6H3/b66-65+,72-71+. The van der Waals surface area contributed by atoms with Gasteiger partial charge in [0.2, 0.25) is 0 Å². The molecule has 76 heavy (non-hydrogen) atoms. The topological polar surface area (TPSA) is 65.3 Å². The molecule has 8 heteroatoms. The number of benzene rings is 2. The maximum atomic E-state index is 16.3. The lowest BCUT2D eigenvalue weighted by Crippen LogP contribution is -2.39. The van der Waals surface area contributed by atoms with Crippen LogP contribution in [0, 0.1) is 18.6 Å². The van der Waals surface area contributed by atoms with E-state index >= 15 is 18.4 Å². The van der Waals surface area contributed by atoms with Crippen molar-refractivity contribution in [3.05, 3.63) is 52.6 Å². The van der Waals surface area contributed by atoms with Crippen LogP contribution >= 0.6 is 0 Å². The van der Waals surface area contributed by atoms with Gasteiger partial charge in [-0.2, -0.15) is 10.2 Å². The first kappa shape index (κ1) is 65.1. The molecule has 0 unspecified atom stereocenters. The van der Waals surface area contributed by atoms with Gasteiger partial charge in [0.05, 0.1) is 22.5 Å². The molecule has 2 aliphatic rings. The highest BCUT2D eigenvalue weighted by Crippen LogP contribution is 2.51. The number of amides is 2. The molecular formula is C68H112F2N4O2. The summed E-state index contributed by atoms with van der Waals surface area (Å²) < 4.78 is 32.4. The molecule has 430 valence electrons. The maximum Gasteiger partial charge on any atom is 0.260 e. The summed E-state index contributed by atoms with van der Waals surface area (Å²) in [6, 6.07) is 6.19. The maximum absolute atomic E-state index is 16.3. The normalized spacial score (nSPS) is 14.6. The van der Waals surface area contributed by atoms with Gasteiger partial charge in [-0.15, -0.1) is 0 Å². The van der Waals surface area contributed by atoms with Gasteiger partial charge in [-0.3, -0.25) is 9.59 Å². The van der Waals surface area contributed by atoms with Crippen LogP contribution < -0.4 is 9.80 Å². The van der Waals surface area contributed by atoms with Crippen LogP contribution in [0.25, 0.3) is 11.1 Å². The third-order valence-electron chi connectivity index (χ3n) is 17.0. The molecule has 0 spiro atoms. The number of fused-ring (bicyclic) bond motifs is 2. The Kier molecular flexibility index (Phi) is 34.1. The van der Waals surface area contributed by atoms with E-state index in [9.17, 15) is 0 Å². The van der Waals surface area contributed by atoms with E-state index in [0.29, 0.717) is 28.1 Å². The lowest BCUT2D eigenvalue weighted by atomic mass is 9.95. The molecule has 2 heterocycles. The monoisotopic (exact) mass is 1050 g/mol. The molecule has 0 fully saturated rings. The van der Waals surface area contributed by atoms with E-state index in [-0.39, 0.29) is 40.7 Å². The molecule has 0 atom stereocenters. The van der Waals surface area contributed by atoms with Crippen LogP contribution in [-0.4, -0.2) is 30.9 Å². The van der Waals surface area contributed by atoms with E-state index in [1.54, 1.807) is 13.0 Å². The van der Waals surface area contributed by atoms with Gasteiger partial charge in [-0.1, -0.05) is 285 Å². The number of nitrogens with zero attached hydrogens (tertiary/aromatic N) is 4. The van der Waals surface area contributed by atoms with Crippen LogP contribution in [0.3, 0.4) is 0 Å². The van der Waals surface area contributed by atoms with Gasteiger partial charge < -0.3 is 9.80 Å². The lowest BCUT2D eigenvalue weighted by molar-refractivity contribution is -0.115. The Morgan fingerprint density at radius 2 is 0.645 bits per heavy atom. The van der Waals surface area contributed by atoms with Crippen molar-refractivity contribution in [2.24, 2.45) is 10.2 Å². The Morgan fingerprint density at radius 1 is 0.382 bits per heavy atom. The number of carbonyl (C=O) groups is 2. The molecule has 2 aliphatic heterocycles. The predicted octanol–water partition coefficient (Wildman–Crippen LogP) is 22.6. The first-order valence-corrected chi connectivity index (χ1v) is 32.6. The predicted molar refractivity (Wildman–Crippen MR) is 323 cm³/mol. The second-order valence-electron chi connectivity index (χ2n) is 23.5. The Labute approximate surface area is 465 Å². The largest absolute Gasteiger partial charge is 0.305 e. The van der Waals surface area contributed by atoms with Gasteiger partial charge in [0.1, 0.15) is 11.5 Å². The van der Waals surface area contributed by atoms with Crippen molar-refractivity contribution in [2.45, 2.75) is 329 Å². The number of anilines is 2. The van der Waals surface area contributed by atoms with E-state index < -0.39 is 11.6 Å². The van der Waals surface area contributed by atoms with Crippen molar-refractivity contribution in [2.75, 3.05) is 16.8 Å². The van der Waals surface area contributed by atoms with Crippen molar-refractivity contribution in [3.8, 4) is 0 Å². The van der Waals surface area contributed by atoms with Gasteiger partial charge in [0, 0.05) is 30.3 Å². The van der Waals surface area contributed by atoms with Crippen LogP contribution in [0.2, 0.25) is 0 Å². The molecule has 0 N–H and O–H groups in total. The van der Waals surface area contributed by atoms with E-state index in [0.717, 1.165) is 77.0 Å². The molecule has 2 amide bonds. The second-order valence-corrected chi connectivity index (χ2v) is 23.5. The van der Waals surface area contributed by atoms with Crippen LogP contribution in [0.5, 0.6) is 0 Å². The highest BCUT2D eigenvalue weighted by atomic mass is 19.1. The zero-order chi connectivity index (χ0) is 54.6. The molecule has 2 aromatic carbocycles. The minimum Gasteiger partial charge on any atom is -0.305 e. The quantitative estimate of drug-likeness (QED) is 0.0377. The number of aryl methyl sites for hydroxylation is 1. The van der Waals surface area contributed by atoms with E-state index in [2.05, 4.69) is 37.9 Å². The summed E-state index contributed by atoms with van der Waals surface area (Å²) in [7, 11) is 1.53. The van der Waals surface area contributed by atoms with Crippen LogP contribution in [0.4, 0.5) is 25.8 Å². The number of rotatable bonds is 47. The van der Waals surface area contributed by atoms with E-state index in [1.165, 1.54) is 225 Å². The molecule has 2 aromatic rings. The van der Waals surface area contributed by atoms with Gasteiger partial charge in [-0.05, 0) is 62.4 Å². The van der Waals surface area contributed by atoms with Crippen molar-refractivity contribution in [1.82, 2.24) is 0 Å². The molecule has 0 bridgehead atoms. The third-order valence-corrected chi connectivity index (χ3v) is 17.0. The Morgan fingerprint density at radius 3 is 0.934 bits per heavy atom. The van der Waals surface area contributed by atoms with Gasteiger partial charge in [0.15, 0.2) is 5.82 Å². The Hall–Kier alpha value is -3.42. The summed E-state index contributed by atoms with van der Waals surface area (Å²) in [5.74, 6) is -1.52. The van der Waals surface area contributed by atoms with Crippen molar-refractivity contribution in [1.29, 1.82) is 0 Å². The summed E-state index contributed by atoms with van der Waals surface area (Å²) >= 11 is 0. The van der Waals surface area contributed by atoms with Crippen LogP contribution in [-0.2, 0) is 9.59 Å². The molecule has 0 saturated heterocycles. The highest BCUT2D eigenvalue weighted by Gasteiger charge is 2.46. The average Bonchev–Trinajstić information content (AvgIpc) is 3.83. The molecule has 0 radical (unpaired) electrons. The van der Waals surface area contributed by atoms with E-state index in [4.69, 9.17) is 0 Å². The Balaban J connectivity index is 1.66. The van der Waals surface area contributed by atoms with Gasteiger partial charge >= 0.3 is 0 Å². The molecule has 0 aromatic heterocycles. The Bertz CT molecular complexity index is 1930. The number of hydrogen-bond acceptors (Lipinski definition) is 4. The summed E-state index contributed by atoms with van der Waals surface area (Å²) in [6.45, 7) is 10.8. The number of unbranched alkanes of at least 4 members (excludes halogenated alkanes) is 36. The molecular weight excluding hydrogens is 943 g/mol. The number of azo groups is 1. The van der Waals surface area contributed by atoms with E-state index in [1.807, 2.05) is 15.9 Å². The molecule has 4 rings (SSSR count).